The lowest BCUT2D eigenvalue weighted by Crippen LogP contribution is -2.34. The molecule has 0 N–H and O–H groups in total. The van der Waals surface area contributed by atoms with Crippen LogP contribution in [-0.4, -0.2) is 5.78 Å². The van der Waals surface area contributed by atoms with E-state index in [0.29, 0.717) is 5.78 Å². The van der Waals surface area contributed by atoms with E-state index in [9.17, 15) is 4.79 Å². The van der Waals surface area contributed by atoms with E-state index in [1.54, 1.807) is 0 Å². The van der Waals surface area contributed by atoms with Crippen LogP contribution in [0.15, 0.2) is 11.6 Å². The maximum atomic E-state index is 12.0. The minimum atomic E-state index is 0.172. The molecule has 0 saturated carbocycles. The zero-order chi connectivity index (χ0) is 10.8. The Bertz CT molecular complexity index is 248. The van der Waals surface area contributed by atoms with Gasteiger partial charge in [-0.3, -0.25) is 4.79 Å². The molecule has 0 amide bonds. The van der Waals surface area contributed by atoms with E-state index in [2.05, 4.69) is 33.8 Å². The van der Waals surface area contributed by atoms with Gasteiger partial charge in [-0.25, -0.2) is 0 Å². The molecule has 1 nitrogen and oxygen atoms in total. The number of Topliss-reactive ketones (excluding diaryl/α,β-unsaturated/α-hetero) is 1. The van der Waals surface area contributed by atoms with Gasteiger partial charge in [0, 0.05) is 12.3 Å². The predicted molar refractivity (Wildman–Crippen MR) is 60.2 cm³/mol. The normalized spacial score (nSPS) is 25.7. The molecule has 0 bridgehead atoms. The number of hydrogen-bond donors (Lipinski definition) is 0. The highest BCUT2D eigenvalue weighted by Gasteiger charge is 2.36. The molecule has 0 aromatic carbocycles. The van der Waals surface area contributed by atoms with Gasteiger partial charge in [-0.2, -0.15) is 0 Å². The molecule has 1 aliphatic rings. The van der Waals surface area contributed by atoms with Crippen LogP contribution in [0.5, 0.6) is 0 Å². The fourth-order valence-corrected chi connectivity index (χ4v) is 2.63. The van der Waals surface area contributed by atoms with Crippen LogP contribution < -0.4 is 0 Å². The Labute approximate surface area is 87.6 Å². The molecule has 0 aliphatic heterocycles. The standard InChI is InChI=1S/C13H22O/c1-5-7-11(14)12-10(2)8-6-9-13(12,3)4/h8,12H,5-7,9H2,1-4H3. The van der Waals surface area contributed by atoms with Gasteiger partial charge in [0.1, 0.15) is 5.78 Å². The Morgan fingerprint density at radius 3 is 2.71 bits per heavy atom. The molecule has 80 valence electrons. The summed E-state index contributed by atoms with van der Waals surface area (Å²) in [6.45, 7) is 8.63. The topological polar surface area (TPSA) is 17.1 Å². The van der Waals surface area contributed by atoms with Crippen LogP contribution in [0.2, 0.25) is 0 Å². The third kappa shape index (κ3) is 2.26. The Morgan fingerprint density at radius 2 is 2.21 bits per heavy atom. The third-order valence-electron chi connectivity index (χ3n) is 3.31. The molecule has 14 heavy (non-hydrogen) atoms. The number of allylic oxidation sites excluding steroid dienone is 2. The summed E-state index contributed by atoms with van der Waals surface area (Å²) in [7, 11) is 0. The van der Waals surface area contributed by atoms with Crippen LogP contribution in [0.25, 0.3) is 0 Å². The van der Waals surface area contributed by atoms with Crippen molar-refractivity contribution in [3.05, 3.63) is 11.6 Å². The van der Waals surface area contributed by atoms with Gasteiger partial charge in [0.25, 0.3) is 0 Å². The van der Waals surface area contributed by atoms with Crippen molar-refractivity contribution in [1.82, 2.24) is 0 Å². The molecule has 0 aromatic heterocycles. The van der Waals surface area contributed by atoms with Crippen LogP contribution >= 0.6 is 0 Å². The van der Waals surface area contributed by atoms with Crippen molar-refractivity contribution < 1.29 is 4.79 Å². The van der Waals surface area contributed by atoms with E-state index in [0.717, 1.165) is 25.7 Å². The lowest BCUT2D eigenvalue weighted by molar-refractivity contribution is -0.125. The molecule has 1 rings (SSSR count). The Kier molecular flexibility index (Phi) is 3.52. The van der Waals surface area contributed by atoms with Gasteiger partial charge >= 0.3 is 0 Å². The van der Waals surface area contributed by atoms with Gasteiger partial charge in [0.2, 0.25) is 0 Å². The lowest BCUT2D eigenvalue weighted by atomic mass is 9.66. The first-order chi connectivity index (χ1) is 6.49. The van der Waals surface area contributed by atoms with Crippen LogP contribution in [0.4, 0.5) is 0 Å². The van der Waals surface area contributed by atoms with Crippen molar-refractivity contribution in [2.24, 2.45) is 11.3 Å². The van der Waals surface area contributed by atoms with Crippen molar-refractivity contribution in [3.63, 3.8) is 0 Å². The highest BCUT2D eigenvalue weighted by Crippen LogP contribution is 2.41. The molecule has 0 spiro atoms. The summed E-state index contributed by atoms with van der Waals surface area (Å²) in [5.74, 6) is 0.613. The average Bonchev–Trinajstić information content (AvgIpc) is 2.02. The molecule has 0 saturated heterocycles. The van der Waals surface area contributed by atoms with Gasteiger partial charge in [-0.15, -0.1) is 0 Å². The van der Waals surface area contributed by atoms with Gasteiger partial charge in [0.05, 0.1) is 0 Å². The first kappa shape index (κ1) is 11.5. The van der Waals surface area contributed by atoms with E-state index < -0.39 is 0 Å². The maximum Gasteiger partial charge on any atom is 0.140 e. The summed E-state index contributed by atoms with van der Waals surface area (Å²) in [6, 6.07) is 0. The van der Waals surface area contributed by atoms with Crippen LogP contribution in [0.3, 0.4) is 0 Å². The SMILES string of the molecule is CCCC(=O)C1C(C)=CCCC1(C)C. The van der Waals surface area contributed by atoms with E-state index in [4.69, 9.17) is 0 Å². The van der Waals surface area contributed by atoms with Gasteiger partial charge < -0.3 is 0 Å². The summed E-state index contributed by atoms with van der Waals surface area (Å²) in [4.78, 5) is 12.0. The molecule has 1 aliphatic carbocycles. The third-order valence-corrected chi connectivity index (χ3v) is 3.31. The Hall–Kier alpha value is -0.590. The first-order valence-corrected chi connectivity index (χ1v) is 5.68. The van der Waals surface area contributed by atoms with Gasteiger partial charge in [0.15, 0.2) is 0 Å². The predicted octanol–water partition coefficient (Wildman–Crippen LogP) is 3.74. The number of rotatable bonds is 3. The largest absolute Gasteiger partial charge is 0.299 e. The van der Waals surface area contributed by atoms with Crippen molar-refractivity contribution in [2.45, 2.75) is 53.4 Å². The minimum Gasteiger partial charge on any atom is -0.299 e. The Balaban J connectivity index is 2.85. The smallest absolute Gasteiger partial charge is 0.140 e. The van der Waals surface area contributed by atoms with Crippen LogP contribution in [0.1, 0.15) is 53.4 Å². The van der Waals surface area contributed by atoms with Crippen molar-refractivity contribution in [2.75, 3.05) is 0 Å². The zero-order valence-electron chi connectivity index (χ0n) is 9.89. The van der Waals surface area contributed by atoms with E-state index in [1.165, 1.54) is 5.57 Å². The second-order valence-electron chi connectivity index (χ2n) is 5.12. The minimum absolute atomic E-state index is 0.172. The van der Waals surface area contributed by atoms with Crippen molar-refractivity contribution in [1.29, 1.82) is 0 Å². The fourth-order valence-electron chi connectivity index (χ4n) is 2.63. The number of carbonyl (C=O) groups excluding carboxylic acids is 1. The summed E-state index contributed by atoms with van der Waals surface area (Å²) < 4.78 is 0. The fraction of sp³-hybridized carbons (Fsp3) is 0.769. The van der Waals surface area contributed by atoms with E-state index in [-0.39, 0.29) is 11.3 Å². The summed E-state index contributed by atoms with van der Waals surface area (Å²) in [5.41, 5.74) is 1.46. The number of ketones is 1. The summed E-state index contributed by atoms with van der Waals surface area (Å²) in [6.07, 6.45) is 6.22. The van der Waals surface area contributed by atoms with Crippen molar-refractivity contribution in [3.8, 4) is 0 Å². The van der Waals surface area contributed by atoms with E-state index >= 15 is 0 Å². The van der Waals surface area contributed by atoms with Crippen LogP contribution in [-0.2, 0) is 4.79 Å². The summed E-state index contributed by atoms with van der Waals surface area (Å²) >= 11 is 0. The van der Waals surface area contributed by atoms with E-state index in [1.807, 2.05) is 0 Å². The first-order valence-electron chi connectivity index (χ1n) is 5.68. The molecule has 0 fully saturated rings. The van der Waals surface area contributed by atoms with Crippen molar-refractivity contribution >= 4 is 5.78 Å². The molecule has 0 radical (unpaired) electrons. The highest BCUT2D eigenvalue weighted by atomic mass is 16.1. The quantitative estimate of drug-likeness (QED) is 0.625. The molecule has 1 heteroatoms. The molecule has 0 heterocycles. The second-order valence-corrected chi connectivity index (χ2v) is 5.12. The van der Waals surface area contributed by atoms with Gasteiger partial charge in [-0.05, 0) is 31.6 Å². The zero-order valence-corrected chi connectivity index (χ0v) is 9.89. The number of carbonyl (C=O) groups is 1. The maximum absolute atomic E-state index is 12.0. The molecule has 0 aromatic rings. The second kappa shape index (κ2) is 4.29. The van der Waals surface area contributed by atoms with Gasteiger partial charge in [-0.1, -0.05) is 32.4 Å². The average molecular weight is 194 g/mol. The molecule has 1 atom stereocenters. The Morgan fingerprint density at radius 1 is 1.57 bits per heavy atom. The molecule has 1 unspecified atom stereocenters. The highest BCUT2D eigenvalue weighted by molar-refractivity contribution is 5.84. The number of hydrogen-bond acceptors (Lipinski definition) is 1. The lowest BCUT2D eigenvalue weighted by Gasteiger charge is -2.37. The van der Waals surface area contributed by atoms with Crippen LogP contribution in [0, 0.1) is 11.3 Å². The molecular formula is C13H22O. The molecular weight excluding hydrogens is 172 g/mol. The summed E-state index contributed by atoms with van der Waals surface area (Å²) in [5, 5.41) is 0. The monoisotopic (exact) mass is 194 g/mol.